The molecule has 12 fully saturated rings. The molecule has 0 heterocycles. The molecule has 0 unspecified atom stereocenters. The summed E-state index contributed by atoms with van der Waals surface area (Å²) in [6.45, 7) is 22.7. The molecule has 6 nitrogen and oxygen atoms in total. The Morgan fingerprint density at radius 2 is 0.576 bits per heavy atom. The lowest BCUT2D eigenvalue weighted by atomic mass is 9.39. The molecular formula is C60H102O6. The van der Waals surface area contributed by atoms with Crippen molar-refractivity contribution in [2.45, 2.75) is 252 Å². The number of fused-ring (bicyclic) bond motifs is 6. The van der Waals surface area contributed by atoms with Crippen molar-refractivity contribution in [3.05, 3.63) is 0 Å². The van der Waals surface area contributed by atoms with Gasteiger partial charge in [0.15, 0.2) is 0 Å². The number of hydrogen-bond acceptors (Lipinski definition) is 6. The van der Waals surface area contributed by atoms with Crippen LogP contribution in [0.2, 0.25) is 0 Å². The second-order valence-corrected chi connectivity index (χ2v) is 30.4. The van der Waals surface area contributed by atoms with E-state index >= 15 is 0 Å². The van der Waals surface area contributed by atoms with Crippen molar-refractivity contribution in [3.8, 4) is 0 Å². The van der Waals surface area contributed by atoms with E-state index in [-0.39, 0.29) is 19.8 Å². The van der Waals surface area contributed by atoms with Gasteiger partial charge in [-0.25, -0.2) is 0 Å². The van der Waals surface area contributed by atoms with Crippen LogP contribution in [0.25, 0.3) is 0 Å². The standard InChI is InChI=1S/3C20H34O2/c3*1-17(2)7-4-8-18(3)16(17)6-5-14-11-15-12-19(14,18)9-10-20(15,22)13-21/h3*14-16,21-22H,4-13H2,1-3H3/t3*14-,15-,16-,18-,19+,20-/m100/s1. The number of aliphatic hydroxyl groups is 6. The van der Waals surface area contributed by atoms with E-state index in [1.807, 2.05) is 0 Å². The minimum absolute atomic E-state index is 0.0356. The molecule has 6 bridgehead atoms. The van der Waals surface area contributed by atoms with E-state index in [2.05, 4.69) is 62.3 Å². The van der Waals surface area contributed by atoms with Gasteiger partial charge in [-0.3, -0.25) is 0 Å². The Hall–Kier alpha value is -0.240. The second-order valence-electron chi connectivity index (χ2n) is 30.4. The van der Waals surface area contributed by atoms with Crippen molar-refractivity contribution in [1.82, 2.24) is 0 Å². The molecule has 6 heteroatoms. The summed E-state index contributed by atoms with van der Waals surface area (Å²) in [4.78, 5) is 0. The third kappa shape index (κ3) is 6.62. The summed E-state index contributed by atoms with van der Waals surface area (Å²) in [5.74, 6) is 5.98. The van der Waals surface area contributed by atoms with Crippen LogP contribution in [0.4, 0.5) is 0 Å². The quantitative estimate of drug-likeness (QED) is 0.168. The fourth-order valence-corrected chi connectivity index (χ4v) is 24.0. The molecule has 0 aromatic carbocycles. The van der Waals surface area contributed by atoms with Gasteiger partial charge < -0.3 is 30.6 Å². The molecule has 378 valence electrons. The molecule has 66 heavy (non-hydrogen) atoms. The highest BCUT2D eigenvalue weighted by molar-refractivity contribution is 5.21. The maximum atomic E-state index is 10.8. The van der Waals surface area contributed by atoms with E-state index in [1.165, 1.54) is 135 Å². The van der Waals surface area contributed by atoms with Crippen molar-refractivity contribution in [2.75, 3.05) is 19.8 Å². The largest absolute Gasteiger partial charge is 0.393 e. The Morgan fingerprint density at radius 1 is 0.318 bits per heavy atom. The zero-order valence-corrected chi connectivity index (χ0v) is 44.1. The van der Waals surface area contributed by atoms with E-state index in [0.717, 1.165) is 74.0 Å². The molecule has 3 spiro atoms. The molecule has 0 saturated heterocycles. The fourth-order valence-electron chi connectivity index (χ4n) is 24.0. The van der Waals surface area contributed by atoms with Gasteiger partial charge in [0.05, 0.1) is 36.6 Å². The van der Waals surface area contributed by atoms with Gasteiger partial charge in [-0.2, -0.15) is 0 Å². The highest BCUT2D eigenvalue weighted by Crippen LogP contribution is 2.78. The van der Waals surface area contributed by atoms with Crippen LogP contribution >= 0.6 is 0 Å². The molecular weight excluding hydrogens is 817 g/mol. The van der Waals surface area contributed by atoms with Crippen LogP contribution in [-0.4, -0.2) is 67.3 Å². The van der Waals surface area contributed by atoms with Gasteiger partial charge >= 0.3 is 0 Å². The van der Waals surface area contributed by atoms with Crippen LogP contribution in [0.1, 0.15) is 236 Å². The monoisotopic (exact) mass is 919 g/mol. The first-order valence-electron chi connectivity index (χ1n) is 28.8. The Bertz CT molecular complexity index is 1620. The van der Waals surface area contributed by atoms with Crippen LogP contribution in [0.15, 0.2) is 0 Å². The average Bonchev–Trinajstić information content (AvgIpc) is 3.92. The lowest BCUT2D eigenvalue weighted by Gasteiger charge is -2.65. The van der Waals surface area contributed by atoms with Crippen molar-refractivity contribution >= 4 is 0 Å². The van der Waals surface area contributed by atoms with E-state index < -0.39 is 16.8 Å². The summed E-state index contributed by atoms with van der Waals surface area (Å²) in [5, 5.41) is 61.7. The van der Waals surface area contributed by atoms with Crippen molar-refractivity contribution < 1.29 is 30.6 Å². The maximum absolute atomic E-state index is 10.8. The SMILES string of the molecule is CC1(C)CCC[C@@]2(C)[C@H]1CC[C@H]1C[C@H]3C[C@]12CC[C@]3(O)CO.CC1(C)CCC[C@@]2(C)[C@H]1CC[C@H]1C[C@H]3C[C@]12CC[C@]3(O)CO.CC1(C)CCC[C@]2(C)[C@@H]1CC[C@@H]1C[C@@H]3C[C@@]12CC[C@@]3(O)CO. The van der Waals surface area contributed by atoms with E-state index in [9.17, 15) is 30.6 Å². The molecule has 12 rings (SSSR count). The zero-order chi connectivity index (χ0) is 47.4. The third-order valence-electron chi connectivity index (χ3n) is 27.5. The van der Waals surface area contributed by atoms with Crippen LogP contribution in [0.5, 0.6) is 0 Å². The van der Waals surface area contributed by atoms with Crippen LogP contribution in [0, 0.1) is 102 Å². The molecule has 18 atom stereocenters. The molecule has 0 aromatic rings. The van der Waals surface area contributed by atoms with E-state index in [1.54, 1.807) is 0 Å². The van der Waals surface area contributed by atoms with Gasteiger partial charge in [-0.1, -0.05) is 81.6 Å². The van der Waals surface area contributed by atoms with Gasteiger partial charge in [0.1, 0.15) is 0 Å². The van der Waals surface area contributed by atoms with Gasteiger partial charge in [0, 0.05) is 0 Å². The van der Waals surface area contributed by atoms with Gasteiger partial charge in [0.25, 0.3) is 0 Å². The number of aliphatic hydroxyl groups excluding tert-OH is 3. The molecule has 12 aliphatic carbocycles. The Labute approximate surface area is 403 Å². The van der Waals surface area contributed by atoms with Crippen LogP contribution in [-0.2, 0) is 0 Å². The van der Waals surface area contributed by atoms with Crippen LogP contribution in [0.3, 0.4) is 0 Å². The Morgan fingerprint density at radius 3 is 0.818 bits per heavy atom. The first-order chi connectivity index (χ1) is 30.8. The predicted octanol–water partition coefficient (Wildman–Crippen LogP) is 12.4. The fraction of sp³-hybridized carbons (Fsp3) is 1.00. The molecule has 12 aliphatic rings. The topological polar surface area (TPSA) is 121 Å². The van der Waals surface area contributed by atoms with Crippen molar-refractivity contribution in [2.24, 2.45) is 102 Å². The second kappa shape index (κ2) is 15.9. The highest BCUT2D eigenvalue weighted by atomic mass is 16.3. The minimum Gasteiger partial charge on any atom is -0.393 e. The summed E-state index contributed by atoms with van der Waals surface area (Å²) in [6, 6.07) is 0. The van der Waals surface area contributed by atoms with Gasteiger partial charge in [-0.05, 0) is 256 Å². The van der Waals surface area contributed by atoms with Crippen molar-refractivity contribution in [1.29, 1.82) is 0 Å². The van der Waals surface area contributed by atoms with Crippen molar-refractivity contribution in [3.63, 3.8) is 0 Å². The maximum Gasteiger partial charge on any atom is 0.0905 e. The number of hydrogen-bond donors (Lipinski definition) is 6. The predicted molar refractivity (Wildman–Crippen MR) is 265 cm³/mol. The number of rotatable bonds is 3. The molecule has 0 radical (unpaired) electrons. The summed E-state index contributed by atoms with van der Waals surface area (Å²) in [7, 11) is 0. The molecule has 6 N–H and O–H groups in total. The summed E-state index contributed by atoms with van der Waals surface area (Å²) < 4.78 is 0. The van der Waals surface area contributed by atoms with Gasteiger partial charge in [0.2, 0.25) is 0 Å². The zero-order valence-electron chi connectivity index (χ0n) is 44.1. The van der Waals surface area contributed by atoms with E-state index in [4.69, 9.17) is 0 Å². The summed E-state index contributed by atoms with van der Waals surface area (Å²) >= 11 is 0. The minimum atomic E-state index is -0.779. The molecule has 12 saturated carbocycles. The normalized spacial score (nSPS) is 56.3. The lowest BCUT2D eigenvalue weighted by molar-refractivity contribution is -0.177. The molecule has 0 aliphatic heterocycles. The summed E-state index contributed by atoms with van der Waals surface area (Å²) in [5.41, 5.74) is 1.87. The highest BCUT2D eigenvalue weighted by Gasteiger charge is 2.72. The van der Waals surface area contributed by atoms with Gasteiger partial charge in [-0.15, -0.1) is 0 Å². The lowest BCUT2D eigenvalue weighted by Crippen LogP contribution is -2.58. The smallest absolute Gasteiger partial charge is 0.0905 e. The first-order valence-corrected chi connectivity index (χ1v) is 28.8. The molecule has 0 amide bonds. The first kappa shape index (κ1) is 49.3. The molecule has 0 aromatic heterocycles. The Kier molecular flexibility index (Phi) is 11.9. The Balaban J connectivity index is 0.000000116. The van der Waals surface area contributed by atoms with E-state index in [0.29, 0.717) is 66.5 Å². The van der Waals surface area contributed by atoms with Crippen LogP contribution < -0.4 is 0 Å². The average molecular weight is 919 g/mol. The summed E-state index contributed by atoms with van der Waals surface area (Å²) in [6.07, 6.45) is 33.7. The third-order valence-corrected chi connectivity index (χ3v) is 27.5.